The Hall–Kier alpha value is -1.14. The van der Waals surface area contributed by atoms with Crippen molar-refractivity contribution in [3.8, 4) is 0 Å². The van der Waals surface area contributed by atoms with Crippen molar-refractivity contribution in [1.82, 2.24) is 0 Å². The predicted octanol–water partition coefficient (Wildman–Crippen LogP) is 1.66. The van der Waals surface area contributed by atoms with E-state index >= 15 is 0 Å². The summed E-state index contributed by atoms with van der Waals surface area (Å²) in [5.74, 6) is -2.03. The molecule has 1 aliphatic heterocycles. The summed E-state index contributed by atoms with van der Waals surface area (Å²) < 4.78 is 20.7. The van der Waals surface area contributed by atoms with Crippen molar-refractivity contribution in [3.63, 3.8) is 0 Å². The molecule has 20 heavy (non-hydrogen) atoms. The first-order chi connectivity index (χ1) is 9.69. The van der Waals surface area contributed by atoms with Gasteiger partial charge in [0.05, 0.1) is 19.8 Å². The third-order valence-corrected chi connectivity index (χ3v) is 2.99. The summed E-state index contributed by atoms with van der Waals surface area (Å²) in [5, 5.41) is 0. The van der Waals surface area contributed by atoms with Crippen molar-refractivity contribution < 1.29 is 28.5 Å². The highest BCUT2D eigenvalue weighted by Gasteiger charge is 2.29. The van der Waals surface area contributed by atoms with Crippen LogP contribution in [-0.4, -0.2) is 44.7 Å². The Morgan fingerprint density at radius 3 is 2.30 bits per heavy atom. The van der Waals surface area contributed by atoms with E-state index in [1.165, 1.54) is 0 Å². The van der Waals surface area contributed by atoms with E-state index in [2.05, 4.69) is 0 Å². The van der Waals surface area contributed by atoms with Gasteiger partial charge in [-0.05, 0) is 39.5 Å². The summed E-state index contributed by atoms with van der Waals surface area (Å²) in [6.45, 7) is 4.85. The van der Waals surface area contributed by atoms with Crippen LogP contribution in [0.5, 0.6) is 0 Å². The van der Waals surface area contributed by atoms with Crippen LogP contribution in [0.3, 0.4) is 0 Å². The topological polar surface area (TPSA) is 71.1 Å². The fourth-order valence-electron chi connectivity index (χ4n) is 1.98. The monoisotopic (exact) mass is 288 g/mol. The Morgan fingerprint density at radius 1 is 1.15 bits per heavy atom. The van der Waals surface area contributed by atoms with Crippen LogP contribution in [-0.2, 0) is 28.5 Å². The first-order valence-electron chi connectivity index (χ1n) is 7.25. The van der Waals surface area contributed by atoms with Crippen molar-refractivity contribution >= 4 is 11.9 Å². The van der Waals surface area contributed by atoms with Crippen LogP contribution >= 0.6 is 0 Å². The highest BCUT2D eigenvalue weighted by molar-refractivity contribution is 5.94. The maximum absolute atomic E-state index is 11.7. The second-order valence-corrected chi connectivity index (χ2v) is 4.51. The molecule has 0 amide bonds. The third-order valence-electron chi connectivity index (χ3n) is 2.99. The highest BCUT2D eigenvalue weighted by atomic mass is 16.7. The minimum atomic E-state index is -0.918. The smallest absolute Gasteiger partial charge is 0.320 e. The number of carbonyl (C=O) groups is 2. The summed E-state index contributed by atoms with van der Waals surface area (Å²) in [6.07, 6.45) is 2.99. The van der Waals surface area contributed by atoms with Crippen LogP contribution in [0.2, 0.25) is 0 Å². The number of ether oxygens (including phenoxy) is 4. The van der Waals surface area contributed by atoms with Crippen LogP contribution in [0.4, 0.5) is 0 Å². The van der Waals surface area contributed by atoms with Gasteiger partial charge in [-0.25, -0.2) is 0 Å². The zero-order valence-corrected chi connectivity index (χ0v) is 12.3. The van der Waals surface area contributed by atoms with Crippen LogP contribution < -0.4 is 0 Å². The molecule has 116 valence electrons. The van der Waals surface area contributed by atoms with Gasteiger partial charge in [-0.2, -0.15) is 0 Å². The zero-order valence-electron chi connectivity index (χ0n) is 12.3. The zero-order chi connectivity index (χ0) is 14.8. The van der Waals surface area contributed by atoms with Crippen molar-refractivity contribution in [1.29, 1.82) is 0 Å². The molecule has 0 radical (unpaired) electrons. The van der Waals surface area contributed by atoms with E-state index in [1.54, 1.807) is 13.8 Å². The Labute approximate surface area is 119 Å². The van der Waals surface area contributed by atoms with E-state index in [9.17, 15) is 9.59 Å². The standard InChI is InChI=1S/C14H24O6/c1-3-17-13(15)11(14(16)18-4-2)8-10-20-12-7-5-6-9-19-12/h11-12H,3-10H2,1-2H3. The third kappa shape index (κ3) is 5.88. The second-order valence-electron chi connectivity index (χ2n) is 4.51. The van der Waals surface area contributed by atoms with Crippen molar-refractivity contribution in [2.45, 2.75) is 45.8 Å². The predicted molar refractivity (Wildman–Crippen MR) is 70.9 cm³/mol. The first kappa shape index (κ1) is 16.9. The Balaban J connectivity index is 2.38. The van der Waals surface area contributed by atoms with Gasteiger partial charge in [0.15, 0.2) is 12.2 Å². The van der Waals surface area contributed by atoms with Gasteiger partial charge in [0.1, 0.15) is 0 Å². The lowest BCUT2D eigenvalue weighted by molar-refractivity contribution is -0.173. The number of hydrogen-bond acceptors (Lipinski definition) is 6. The molecule has 0 N–H and O–H groups in total. The maximum Gasteiger partial charge on any atom is 0.320 e. The van der Waals surface area contributed by atoms with Gasteiger partial charge in [-0.1, -0.05) is 0 Å². The second kappa shape index (κ2) is 9.72. The molecule has 0 saturated carbocycles. The quantitative estimate of drug-likeness (QED) is 0.500. The van der Waals surface area contributed by atoms with Gasteiger partial charge in [-0.15, -0.1) is 0 Å². The minimum absolute atomic E-state index is 0.228. The summed E-state index contributed by atoms with van der Waals surface area (Å²) in [7, 11) is 0. The lowest BCUT2D eigenvalue weighted by Gasteiger charge is -2.23. The molecular weight excluding hydrogens is 264 g/mol. The van der Waals surface area contributed by atoms with E-state index in [4.69, 9.17) is 18.9 Å². The van der Waals surface area contributed by atoms with Crippen LogP contribution in [0.15, 0.2) is 0 Å². The summed E-state index contributed by atoms with van der Waals surface area (Å²) in [5.41, 5.74) is 0. The van der Waals surface area contributed by atoms with E-state index in [0.29, 0.717) is 6.61 Å². The Kier molecular flexibility index (Phi) is 8.22. The molecule has 6 heteroatoms. The molecule has 1 aliphatic rings. The minimum Gasteiger partial charge on any atom is -0.465 e. The lowest BCUT2D eigenvalue weighted by atomic mass is 10.1. The van der Waals surface area contributed by atoms with Crippen molar-refractivity contribution in [2.75, 3.05) is 26.4 Å². The number of hydrogen-bond donors (Lipinski definition) is 0. The summed E-state index contributed by atoms with van der Waals surface area (Å²) in [6, 6.07) is 0. The molecule has 6 nitrogen and oxygen atoms in total. The highest BCUT2D eigenvalue weighted by Crippen LogP contribution is 2.16. The molecule has 0 aromatic heterocycles. The van der Waals surface area contributed by atoms with Gasteiger partial charge >= 0.3 is 11.9 Å². The molecular formula is C14H24O6. The van der Waals surface area contributed by atoms with Gasteiger partial charge in [0.25, 0.3) is 0 Å². The molecule has 0 aliphatic carbocycles. The molecule has 0 aromatic rings. The van der Waals surface area contributed by atoms with Crippen LogP contribution in [0.1, 0.15) is 39.5 Å². The number of esters is 2. The fraction of sp³-hybridized carbons (Fsp3) is 0.857. The molecule has 1 rings (SSSR count). The fourth-order valence-corrected chi connectivity index (χ4v) is 1.98. The normalized spacial score (nSPS) is 18.9. The summed E-state index contributed by atoms with van der Waals surface area (Å²) in [4.78, 5) is 23.5. The van der Waals surface area contributed by atoms with E-state index < -0.39 is 17.9 Å². The molecule has 1 heterocycles. The van der Waals surface area contributed by atoms with Crippen LogP contribution in [0.25, 0.3) is 0 Å². The van der Waals surface area contributed by atoms with Gasteiger partial charge in [0.2, 0.25) is 0 Å². The molecule has 0 aromatic carbocycles. The molecule has 0 bridgehead atoms. The van der Waals surface area contributed by atoms with Gasteiger partial charge in [0, 0.05) is 6.61 Å². The number of rotatable bonds is 8. The Morgan fingerprint density at radius 2 is 1.80 bits per heavy atom. The molecule has 1 atom stereocenters. The summed E-state index contributed by atoms with van der Waals surface area (Å²) >= 11 is 0. The first-order valence-corrected chi connectivity index (χ1v) is 7.25. The molecule has 1 fully saturated rings. The molecule has 0 spiro atoms. The average molecular weight is 288 g/mol. The van der Waals surface area contributed by atoms with Gasteiger partial charge < -0.3 is 18.9 Å². The van der Waals surface area contributed by atoms with E-state index in [-0.39, 0.29) is 32.5 Å². The number of carbonyl (C=O) groups excluding carboxylic acids is 2. The lowest BCUT2D eigenvalue weighted by Crippen LogP contribution is -2.30. The van der Waals surface area contributed by atoms with Crippen LogP contribution in [0, 0.1) is 5.92 Å². The van der Waals surface area contributed by atoms with E-state index in [0.717, 1.165) is 19.3 Å². The average Bonchev–Trinajstić information content (AvgIpc) is 2.45. The SMILES string of the molecule is CCOC(=O)C(CCOC1CCCCO1)C(=O)OCC. The van der Waals surface area contributed by atoms with Gasteiger partial charge in [-0.3, -0.25) is 9.59 Å². The molecule has 1 unspecified atom stereocenters. The Bertz CT molecular complexity index is 280. The maximum atomic E-state index is 11.7. The van der Waals surface area contributed by atoms with Crippen molar-refractivity contribution in [3.05, 3.63) is 0 Å². The van der Waals surface area contributed by atoms with E-state index in [1.807, 2.05) is 0 Å². The largest absolute Gasteiger partial charge is 0.465 e. The molecule has 1 saturated heterocycles. The van der Waals surface area contributed by atoms with Crippen molar-refractivity contribution in [2.24, 2.45) is 5.92 Å².